The molecule has 2 aromatic carbocycles. The molecule has 0 aromatic heterocycles. The van der Waals surface area contributed by atoms with Crippen molar-refractivity contribution in [2.24, 2.45) is 0 Å². The molecule has 2 aromatic rings. The lowest BCUT2D eigenvalue weighted by atomic mass is 10.2. The Hall–Kier alpha value is -2.49. The van der Waals surface area contributed by atoms with E-state index < -0.39 is 0 Å². The summed E-state index contributed by atoms with van der Waals surface area (Å²) in [6.07, 6.45) is 1.08. The van der Waals surface area contributed by atoms with Gasteiger partial charge >= 0.3 is 0 Å². The Balaban J connectivity index is 1.75. The molecule has 0 heterocycles. The van der Waals surface area contributed by atoms with E-state index in [9.17, 15) is 9.90 Å². The number of phenolic OH excluding ortho intramolecular Hbond substituents is 1. The maximum atomic E-state index is 12.0. The molecule has 1 amide bonds. The summed E-state index contributed by atoms with van der Waals surface area (Å²) >= 11 is 0. The molecule has 0 fully saturated rings. The summed E-state index contributed by atoms with van der Waals surface area (Å²) in [5.74, 6) is 1.03. The minimum Gasteiger partial charge on any atom is -0.508 e. The van der Waals surface area contributed by atoms with Crippen molar-refractivity contribution in [3.8, 4) is 11.5 Å². The van der Waals surface area contributed by atoms with Gasteiger partial charge in [0, 0.05) is 19.2 Å². The monoisotopic (exact) mass is 285 g/mol. The smallest absolute Gasteiger partial charge is 0.226 e. The molecule has 0 aliphatic rings. The zero-order chi connectivity index (χ0) is 15.1. The molecule has 0 radical (unpaired) electrons. The van der Waals surface area contributed by atoms with E-state index in [0.29, 0.717) is 19.4 Å². The molecule has 0 saturated carbocycles. The predicted molar refractivity (Wildman–Crippen MR) is 82.7 cm³/mol. The molecule has 0 atom stereocenters. The molecule has 0 aliphatic carbocycles. The number of benzene rings is 2. The average Bonchev–Trinajstić information content (AvgIpc) is 2.52. The third kappa shape index (κ3) is 4.53. The largest absolute Gasteiger partial charge is 0.508 e. The lowest BCUT2D eigenvalue weighted by Gasteiger charge is -2.17. The van der Waals surface area contributed by atoms with Crippen LogP contribution in [-0.2, 0) is 4.79 Å². The number of carbonyl (C=O) groups excluding carboxylic acids is 1. The molecule has 0 aliphatic heterocycles. The van der Waals surface area contributed by atoms with Crippen molar-refractivity contribution >= 4 is 11.6 Å². The van der Waals surface area contributed by atoms with Gasteiger partial charge in [0.2, 0.25) is 5.91 Å². The van der Waals surface area contributed by atoms with E-state index in [1.54, 1.807) is 36.2 Å². The van der Waals surface area contributed by atoms with Crippen molar-refractivity contribution < 1.29 is 14.6 Å². The molecular weight excluding hydrogens is 266 g/mol. The fraction of sp³-hybridized carbons (Fsp3) is 0.235. The summed E-state index contributed by atoms with van der Waals surface area (Å²) in [5, 5.41) is 9.24. The Labute approximate surface area is 124 Å². The van der Waals surface area contributed by atoms with Crippen LogP contribution in [0.1, 0.15) is 12.8 Å². The minimum absolute atomic E-state index is 0.0253. The summed E-state index contributed by atoms with van der Waals surface area (Å²) in [6, 6.07) is 16.1. The second kappa shape index (κ2) is 7.33. The molecule has 21 heavy (non-hydrogen) atoms. The SMILES string of the molecule is CN(C(=O)CCCOc1ccccc1)c1ccc(O)cc1. The van der Waals surface area contributed by atoms with Crippen molar-refractivity contribution in [2.75, 3.05) is 18.6 Å². The fourth-order valence-electron chi connectivity index (χ4n) is 1.92. The van der Waals surface area contributed by atoms with Gasteiger partial charge in [-0.15, -0.1) is 0 Å². The summed E-state index contributed by atoms with van der Waals surface area (Å²) < 4.78 is 5.55. The lowest BCUT2D eigenvalue weighted by molar-refractivity contribution is -0.118. The molecule has 0 unspecified atom stereocenters. The highest BCUT2D eigenvalue weighted by Gasteiger charge is 2.10. The number of hydrogen-bond donors (Lipinski definition) is 1. The van der Waals surface area contributed by atoms with Crippen LogP contribution in [0.25, 0.3) is 0 Å². The van der Waals surface area contributed by atoms with E-state index >= 15 is 0 Å². The van der Waals surface area contributed by atoms with E-state index in [1.807, 2.05) is 30.3 Å². The van der Waals surface area contributed by atoms with Crippen LogP contribution in [0.15, 0.2) is 54.6 Å². The van der Waals surface area contributed by atoms with Gasteiger partial charge in [-0.2, -0.15) is 0 Å². The van der Waals surface area contributed by atoms with Gasteiger partial charge < -0.3 is 14.7 Å². The van der Waals surface area contributed by atoms with Crippen LogP contribution in [-0.4, -0.2) is 24.7 Å². The Morgan fingerprint density at radius 2 is 1.76 bits per heavy atom. The first-order valence-electron chi connectivity index (χ1n) is 6.90. The first-order chi connectivity index (χ1) is 10.2. The number of phenols is 1. The van der Waals surface area contributed by atoms with E-state index in [2.05, 4.69) is 0 Å². The van der Waals surface area contributed by atoms with Crippen LogP contribution in [0.3, 0.4) is 0 Å². The molecule has 4 nitrogen and oxygen atoms in total. The van der Waals surface area contributed by atoms with Crippen LogP contribution in [0.2, 0.25) is 0 Å². The van der Waals surface area contributed by atoms with Gasteiger partial charge in [0.25, 0.3) is 0 Å². The zero-order valence-corrected chi connectivity index (χ0v) is 12.0. The molecular formula is C17H19NO3. The van der Waals surface area contributed by atoms with E-state index in [4.69, 9.17) is 4.74 Å². The van der Waals surface area contributed by atoms with Crippen LogP contribution in [0.5, 0.6) is 11.5 Å². The number of hydrogen-bond acceptors (Lipinski definition) is 3. The summed E-state index contributed by atoms with van der Waals surface area (Å²) in [7, 11) is 1.73. The molecule has 0 spiro atoms. The predicted octanol–water partition coefficient (Wildman–Crippen LogP) is 3.21. The molecule has 0 bridgehead atoms. The highest BCUT2D eigenvalue weighted by molar-refractivity contribution is 5.92. The van der Waals surface area contributed by atoms with Gasteiger partial charge in [-0.1, -0.05) is 18.2 Å². The standard InChI is InChI=1S/C17H19NO3/c1-18(14-9-11-15(19)12-10-14)17(20)8-5-13-21-16-6-3-2-4-7-16/h2-4,6-7,9-12,19H,5,8,13H2,1H3. The Morgan fingerprint density at radius 1 is 1.10 bits per heavy atom. The maximum Gasteiger partial charge on any atom is 0.226 e. The van der Waals surface area contributed by atoms with Crippen LogP contribution in [0.4, 0.5) is 5.69 Å². The van der Waals surface area contributed by atoms with Gasteiger partial charge in [-0.3, -0.25) is 4.79 Å². The maximum absolute atomic E-state index is 12.0. The molecule has 2 rings (SSSR count). The van der Waals surface area contributed by atoms with Crippen molar-refractivity contribution in [1.29, 1.82) is 0 Å². The van der Waals surface area contributed by atoms with Gasteiger partial charge in [-0.25, -0.2) is 0 Å². The number of amides is 1. The topological polar surface area (TPSA) is 49.8 Å². The zero-order valence-electron chi connectivity index (χ0n) is 12.0. The minimum atomic E-state index is 0.0253. The second-order valence-electron chi connectivity index (χ2n) is 4.73. The normalized spacial score (nSPS) is 10.1. The Morgan fingerprint density at radius 3 is 2.43 bits per heavy atom. The highest BCUT2D eigenvalue weighted by Crippen LogP contribution is 2.18. The number of anilines is 1. The molecule has 110 valence electrons. The number of aromatic hydroxyl groups is 1. The van der Waals surface area contributed by atoms with Gasteiger partial charge in [-0.05, 0) is 42.8 Å². The summed E-state index contributed by atoms with van der Waals surface area (Å²) in [6.45, 7) is 0.513. The lowest BCUT2D eigenvalue weighted by Crippen LogP contribution is -2.26. The molecule has 0 saturated heterocycles. The second-order valence-corrected chi connectivity index (χ2v) is 4.73. The quantitative estimate of drug-likeness (QED) is 0.829. The molecule has 1 N–H and O–H groups in total. The van der Waals surface area contributed by atoms with Gasteiger partial charge in [0.05, 0.1) is 6.61 Å². The third-order valence-corrected chi connectivity index (χ3v) is 3.16. The molecule has 4 heteroatoms. The van der Waals surface area contributed by atoms with Crippen LogP contribution < -0.4 is 9.64 Å². The van der Waals surface area contributed by atoms with E-state index in [-0.39, 0.29) is 11.7 Å². The number of para-hydroxylation sites is 1. The van der Waals surface area contributed by atoms with Crippen LogP contribution >= 0.6 is 0 Å². The average molecular weight is 285 g/mol. The number of ether oxygens (including phenoxy) is 1. The van der Waals surface area contributed by atoms with E-state index in [0.717, 1.165) is 11.4 Å². The summed E-state index contributed by atoms with van der Waals surface area (Å²) in [4.78, 5) is 13.6. The summed E-state index contributed by atoms with van der Waals surface area (Å²) in [5.41, 5.74) is 0.766. The number of rotatable bonds is 6. The van der Waals surface area contributed by atoms with E-state index in [1.165, 1.54) is 0 Å². The third-order valence-electron chi connectivity index (χ3n) is 3.16. The van der Waals surface area contributed by atoms with Gasteiger partial charge in [0.1, 0.15) is 11.5 Å². The highest BCUT2D eigenvalue weighted by atomic mass is 16.5. The van der Waals surface area contributed by atoms with Crippen molar-refractivity contribution in [3.63, 3.8) is 0 Å². The van der Waals surface area contributed by atoms with Crippen LogP contribution in [0, 0.1) is 0 Å². The van der Waals surface area contributed by atoms with Crippen molar-refractivity contribution in [3.05, 3.63) is 54.6 Å². The van der Waals surface area contributed by atoms with Crippen molar-refractivity contribution in [1.82, 2.24) is 0 Å². The Bertz CT molecular complexity index is 566. The first kappa shape index (κ1) is 14.9. The number of nitrogens with zero attached hydrogens (tertiary/aromatic N) is 1. The first-order valence-corrected chi connectivity index (χ1v) is 6.90. The fourth-order valence-corrected chi connectivity index (χ4v) is 1.92. The van der Waals surface area contributed by atoms with Crippen molar-refractivity contribution in [2.45, 2.75) is 12.8 Å². The Kier molecular flexibility index (Phi) is 5.21. The number of carbonyl (C=O) groups is 1. The van der Waals surface area contributed by atoms with Gasteiger partial charge in [0.15, 0.2) is 0 Å².